The SMILES string of the molecule is CC(CO)CSCC1CCCNC1. The van der Waals surface area contributed by atoms with Gasteiger partial charge in [-0.25, -0.2) is 0 Å². The topological polar surface area (TPSA) is 32.3 Å². The summed E-state index contributed by atoms with van der Waals surface area (Å²) in [5, 5.41) is 12.3. The Hall–Kier alpha value is 0.270. The number of piperidine rings is 1. The first-order chi connectivity index (χ1) is 6.33. The number of aliphatic hydroxyl groups excluding tert-OH is 1. The Labute approximate surface area is 85.5 Å². The Kier molecular flexibility index (Phi) is 5.83. The molecule has 0 aromatic rings. The maximum Gasteiger partial charge on any atom is 0.0464 e. The van der Waals surface area contributed by atoms with Crippen molar-refractivity contribution in [3.05, 3.63) is 0 Å². The lowest BCUT2D eigenvalue weighted by Crippen LogP contribution is -2.31. The van der Waals surface area contributed by atoms with E-state index < -0.39 is 0 Å². The second-order valence-electron chi connectivity index (χ2n) is 4.04. The number of hydrogen-bond donors (Lipinski definition) is 2. The molecule has 3 heteroatoms. The molecule has 0 aromatic heterocycles. The minimum Gasteiger partial charge on any atom is -0.396 e. The van der Waals surface area contributed by atoms with Crippen LogP contribution in [-0.4, -0.2) is 36.3 Å². The van der Waals surface area contributed by atoms with Gasteiger partial charge in [0.1, 0.15) is 0 Å². The molecule has 0 bridgehead atoms. The molecule has 1 rings (SSSR count). The number of nitrogens with one attached hydrogen (secondary N) is 1. The Morgan fingerprint density at radius 1 is 1.62 bits per heavy atom. The molecule has 1 aliphatic heterocycles. The molecule has 0 spiro atoms. The Bertz CT molecular complexity index is 126. The van der Waals surface area contributed by atoms with Crippen molar-refractivity contribution in [2.75, 3.05) is 31.2 Å². The van der Waals surface area contributed by atoms with E-state index in [1.165, 1.54) is 31.7 Å². The predicted molar refractivity (Wildman–Crippen MR) is 59.2 cm³/mol. The van der Waals surface area contributed by atoms with Gasteiger partial charge in [0.25, 0.3) is 0 Å². The van der Waals surface area contributed by atoms with Crippen LogP contribution in [0.1, 0.15) is 19.8 Å². The van der Waals surface area contributed by atoms with E-state index in [1.807, 2.05) is 11.8 Å². The molecule has 2 nitrogen and oxygen atoms in total. The van der Waals surface area contributed by atoms with Crippen LogP contribution in [-0.2, 0) is 0 Å². The van der Waals surface area contributed by atoms with E-state index in [0.29, 0.717) is 12.5 Å². The molecule has 0 aliphatic carbocycles. The predicted octanol–water partition coefficient (Wildman–Crippen LogP) is 1.35. The molecular formula is C10H21NOS. The zero-order valence-electron chi connectivity index (χ0n) is 8.46. The lowest BCUT2D eigenvalue weighted by molar-refractivity contribution is 0.250. The fourth-order valence-electron chi connectivity index (χ4n) is 1.55. The van der Waals surface area contributed by atoms with Gasteiger partial charge in [0, 0.05) is 6.61 Å². The first-order valence-electron chi connectivity index (χ1n) is 5.22. The lowest BCUT2D eigenvalue weighted by atomic mass is 10.0. The van der Waals surface area contributed by atoms with Gasteiger partial charge in [0.2, 0.25) is 0 Å². The average Bonchev–Trinajstić information content (AvgIpc) is 2.19. The minimum absolute atomic E-state index is 0.329. The normalized spacial score (nSPS) is 25.8. The van der Waals surface area contributed by atoms with Crippen LogP contribution >= 0.6 is 11.8 Å². The number of aliphatic hydroxyl groups is 1. The average molecular weight is 203 g/mol. The van der Waals surface area contributed by atoms with E-state index in [-0.39, 0.29) is 0 Å². The standard InChI is InChI=1S/C10H21NOS/c1-9(6-12)7-13-8-10-3-2-4-11-5-10/h9-12H,2-8H2,1H3. The van der Waals surface area contributed by atoms with Crippen LogP contribution in [0.2, 0.25) is 0 Å². The molecule has 1 heterocycles. The summed E-state index contributed by atoms with van der Waals surface area (Å²) in [4.78, 5) is 0. The second kappa shape index (κ2) is 6.68. The van der Waals surface area contributed by atoms with Crippen molar-refractivity contribution in [2.45, 2.75) is 19.8 Å². The van der Waals surface area contributed by atoms with Crippen LogP contribution in [0.3, 0.4) is 0 Å². The van der Waals surface area contributed by atoms with Crippen LogP contribution in [0.4, 0.5) is 0 Å². The minimum atomic E-state index is 0.329. The molecule has 2 N–H and O–H groups in total. The molecule has 78 valence electrons. The molecule has 2 atom stereocenters. The van der Waals surface area contributed by atoms with Crippen LogP contribution in [0.5, 0.6) is 0 Å². The van der Waals surface area contributed by atoms with Gasteiger partial charge in [-0.15, -0.1) is 0 Å². The maximum atomic E-state index is 8.85. The smallest absolute Gasteiger partial charge is 0.0464 e. The van der Waals surface area contributed by atoms with Gasteiger partial charge in [-0.1, -0.05) is 6.92 Å². The van der Waals surface area contributed by atoms with Crippen LogP contribution in [0, 0.1) is 11.8 Å². The summed E-state index contributed by atoms with van der Waals surface area (Å²) in [6, 6.07) is 0. The van der Waals surface area contributed by atoms with Crippen LogP contribution in [0.15, 0.2) is 0 Å². The van der Waals surface area contributed by atoms with Crippen LogP contribution in [0.25, 0.3) is 0 Å². The fraction of sp³-hybridized carbons (Fsp3) is 1.00. The first-order valence-corrected chi connectivity index (χ1v) is 6.37. The summed E-state index contributed by atoms with van der Waals surface area (Å²) in [5.41, 5.74) is 0. The molecule has 13 heavy (non-hydrogen) atoms. The molecule has 1 aliphatic rings. The summed E-state index contributed by atoms with van der Waals surface area (Å²) in [7, 11) is 0. The summed E-state index contributed by atoms with van der Waals surface area (Å²) < 4.78 is 0. The quantitative estimate of drug-likeness (QED) is 0.707. The second-order valence-corrected chi connectivity index (χ2v) is 5.11. The Balaban J connectivity index is 1.98. The monoisotopic (exact) mass is 203 g/mol. The van der Waals surface area contributed by atoms with E-state index in [9.17, 15) is 0 Å². The number of thioether (sulfide) groups is 1. The van der Waals surface area contributed by atoms with E-state index in [2.05, 4.69) is 12.2 Å². The van der Waals surface area contributed by atoms with Gasteiger partial charge in [-0.05, 0) is 49.3 Å². The summed E-state index contributed by atoms with van der Waals surface area (Å²) in [5.74, 6) is 3.69. The maximum absolute atomic E-state index is 8.85. The molecule has 0 saturated carbocycles. The number of rotatable bonds is 5. The van der Waals surface area contributed by atoms with Gasteiger partial charge in [0.15, 0.2) is 0 Å². The van der Waals surface area contributed by atoms with Gasteiger partial charge >= 0.3 is 0 Å². The Morgan fingerprint density at radius 3 is 3.08 bits per heavy atom. The molecule has 1 fully saturated rings. The third-order valence-corrected chi connectivity index (χ3v) is 3.98. The molecule has 0 amide bonds. The number of hydrogen-bond acceptors (Lipinski definition) is 3. The van der Waals surface area contributed by atoms with Gasteiger partial charge in [0.05, 0.1) is 0 Å². The van der Waals surface area contributed by atoms with E-state index in [4.69, 9.17) is 5.11 Å². The van der Waals surface area contributed by atoms with E-state index in [0.717, 1.165) is 11.7 Å². The molecule has 1 saturated heterocycles. The zero-order chi connectivity index (χ0) is 9.52. The first kappa shape index (κ1) is 11.3. The van der Waals surface area contributed by atoms with Gasteiger partial charge in [-0.2, -0.15) is 11.8 Å². The Morgan fingerprint density at radius 2 is 2.46 bits per heavy atom. The van der Waals surface area contributed by atoms with Crippen molar-refractivity contribution in [2.24, 2.45) is 11.8 Å². The van der Waals surface area contributed by atoms with Gasteiger partial charge in [-0.3, -0.25) is 0 Å². The zero-order valence-corrected chi connectivity index (χ0v) is 9.28. The third-order valence-electron chi connectivity index (χ3n) is 2.47. The summed E-state index contributed by atoms with van der Waals surface area (Å²) in [6.45, 7) is 4.83. The summed E-state index contributed by atoms with van der Waals surface area (Å²) >= 11 is 1.99. The highest BCUT2D eigenvalue weighted by atomic mass is 32.2. The van der Waals surface area contributed by atoms with Crippen molar-refractivity contribution in [1.82, 2.24) is 5.32 Å². The fourth-order valence-corrected chi connectivity index (χ4v) is 2.82. The van der Waals surface area contributed by atoms with Crippen molar-refractivity contribution < 1.29 is 5.11 Å². The van der Waals surface area contributed by atoms with Crippen molar-refractivity contribution in [1.29, 1.82) is 0 Å². The molecule has 0 aromatic carbocycles. The highest BCUT2D eigenvalue weighted by Crippen LogP contribution is 2.17. The summed E-state index contributed by atoms with van der Waals surface area (Å²) in [6.07, 6.45) is 2.72. The van der Waals surface area contributed by atoms with Gasteiger partial charge < -0.3 is 10.4 Å². The van der Waals surface area contributed by atoms with Crippen molar-refractivity contribution >= 4 is 11.8 Å². The highest BCUT2D eigenvalue weighted by Gasteiger charge is 2.12. The van der Waals surface area contributed by atoms with Crippen molar-refractivity contribution in [3.63, 3.8) is 0 Å². The molecule has 0 radical (unpaired) electrons. The van der Waals surface area contributed by atoms with Crippen molar-refractivity contribution in [3.8, 4) is 0 Å². The third kappa shape index (κ3) is 4.89. The molecule has 2 unspecified atom stereocenters. The van der Waals surface area contributed by atoms with E-state index >= 15 is 0 Å². The molecular weight excluding hydrogens is 182 g/mol. The largest absolute Gasteiger partial charge is 0.396 e. The van der Waals surface area contributed by atoms with Crippen LogP contribution < -0.4 is 5.32 Å². The highest BCUT2D eigenvalue weighted by molar-refractivity contribution is 7.99. The van der Waals surface area contributed by atoms with E-state index in [1.54, 1.807) is 0 Å². The lowest BCUT2D eigenvalue weighted by Gasteiger charge is -2.22.